The van der Waals surface area contributed by atoms with Gasteiger partial charge in [-0.05, 0) is 42.5 Å². The quantitative estimate of drug-likeness (QED) is 0.485. The predicted octanol–water partition coefficient (Wildman–Crippen LogP) is 4.64. The first kappa shape index (κ1) is 16.6. The highest BCUT2D eigenvalue weighted by Crippen LogP contribution is 2.36. The number of ether oxygens (including phenoxy) is 2. The van der Waals surface area contributed by atoms with Gasteiger partial charge in [-0.15, -0.1) is 11.3 Å². The smallest absolute Gasteiger partial charge is 0.231 e. The van der Waals surface area contributed by atoms with Crippen molar-refractivity contribution in [2.75, 3.05) is 12.2 Å². The molecular formula is C18H11BrN4O2S. The van der Waals surface area contributed by atoms with Gasteiger partial charge in [0.2, 0.25) is 6.79 Å². The van der Waals surface area contributed by atoms with Crippen LogP contribution in [-0.4, -0.2) is 17.5 Å². The number of nitriles is 1. The molecule has 128 valence electrons. The molecule has 1 aromatic heterocycles. The molecule has 3 aromatic rings. The third-order valence-electron chi connectivity index (χ3n) is 3.62. The molecule has 0 radical (unpaired) electrons. The Bertz CT molecular complexity index is 1020. The first-order chi connectivity index (χ1) is 12.7. The van der Waals surface area contributed by atoms with E-state index in [9.17, 15) is 5.26 Å². The van der Waals surface area contributed by atoms with Gasteiger partial charge < -0.3 is 9.47 Å². The highest BCUT2D eigenvalue weighted by atomic mass is 79.9. The van der Waals surface area contributed by atoms with Crippen LogP contribution >= 0.6 is 27.3 Å². The maximum absolute atomic E-state index is 9.41. The van der Waals surface area contributed by atoms with Crippen molar-refractivity contribution in [3.63, 3.8) is 0 Å². The Kier molecular flexibility index (Phi) is 4.56. The van der Waals surface area contributed by atoms with E-state index in [4.69, 9.17) is 9.47 Å². The van der Waals surface area contributed by atoms with Crippen LogP contribution in [0.15, 0.2) is 57.4 Å². The van der Waals surface area contributed by atoms with Gasteiger partial charge in [0.05, 0.1) is 11.4 Å². The van der Waals surface area contributed by atoms with Crippen molar-refractivity contribution in [2.45, 2.75) is 0 Å². The highest BCUT2D eigenvalue weighted by Gasteiger charge is 2.16. The van der Waals surface area contributed by atoms with E-state index < -0.39 is 0 Å². The molecule has 8 heteroatoms. The maximum Gasteiger partial charge on any atom is 0.231 e. The summed E-state index contributed by atoms with van der Waals surface area (Å²) in [5.74, 6) is 1.42. The second-order valence-corrected chi connectivity index (χ2v) is 7.07. The van der Waals surface area contributed by atoms with Crippen molar-refractivity contribution in [1.82, 2.24) is 4.98 Å². The van der Waals surface area contributed by atoms with Crippen molar-refractivity contribution >= 4 is 38.7 Å². The molecule has 0 unspecified atom stereocenters. The van der Waals surface area contributed by atoms with Gasteiger partial charge in [0.1, 0.15) is 6.07 Å². The summed E-state index contributed by atoms with van der Waals surface area (Å²) in [6, 6.07) is 15.2. The molecule has 2 aromatic carbocycles. The van der Waals surface area contributed by atoms with Crippen LogP contribution in [0.1, 0.15) is 5.01 Å². The van der Waals surface area contributed by atoms with Gasteiger partial charge in [-0.3, -0.25) is 5.43 Å². The van der Waals surface area contributed by atoms with Gasteiger partial charge in [0.15, 0.2) is 22.2 Å². The topological polar surface area (TPSA) is 79.5 Å². The molecule has 0 amide bonds. The molecular weight excluding hydrogens is 416 g/mol. The minimum absolute atomic E-state index is 0.227. The molecule has 0 atom stereocenters. The van der Waals surface area contributed by atoms with E-state index in [1.54, 1.807) is 0 Å². The fourth-order valence-corrected chi connectivity index (χ4v) is 3.37. The average molecular weight is 427 g/mol. The predicted molar refractivity (Wildman–Crippen MR) is 104 cm³/mol. The Hall–Kier alpha value is -2.89. The number of anilines is 1. The van der Waals surface area contributed by atoms with Gasteiger partial charge in [-0.25, -0.2) is 4.98 Å². The SMILES string of the molecule is N#CC(=NNc1ccc(Br)cc1)c1nc(-c2ccc3c(c2)OCO3)cs1. The number of thiazole rings is 1. The lowest BCUT2D eigenvalue weighted by Gasteiger charge is -2.01. The van der Waals surface area contributed by atoms with E-state index in [0.29, 0.717) is 10.8 Å². The van der Waals surface area contributed by atoms with E-state index in [2.05, 4.69) is 37.5 Å². The van der Waals surface area contributed by atoms with Crippen LogP contribution in [0.4, 0.5) is 5.69 Å². The summed E-state index contributed by atoms with van der Waals surface area (Å²) in [5.41, 5.74) is 5.55. The summed E-state index contributed by atoms with van der Waals surface area (Å²) in [5, 5.41) is 16.0. The second-order valence-electron chi connectivity index (χ2n) is 5.30. The molecule has 2 heterocycles. The lowest BCUT2D eigenvalue weighted by molar-refractivity contribution is 0.174. The van der Waals surface area contributed by atoms with Gasteiger partial charge in [0.25, 0.3) is 0 Å². The van der Waals surface area contributed by atoms with Crippen LogP contribution in [0.25, 0.3) is 11.3 Å². The molecule has 0 bridgehead atoms. The number of fused-ring (bicyclic) bond motifs is 1. The standard InChI is InChI=1S/C18H11BrN4O2S/c19-12-2-4-13(5-3-12)22-23-14(8-20)18-21-15(9-26-18)11-1-6-16-17(7-11)25-10-24-16/h1-7,9,22H,10H2. The maximum atomic E-state index is 9.41. The number of nitrogens with one attached hydrogen (secondary N) is 1. The number of rotatable bonds is 4. The van der Waals surface area contributed by atoms with E-state index in [1.165, 1.54) is 11.3 Å². The molecule has 26 heavy (non-hydrogen) atoms. The lowest BCUT2D eigenvalue weighted by Crippen LogP contribution is -2.01. The third kappa shape index (κ3) is 3.40. The number of aromatic nitrogens is 1. The van der Waals surface area contributed by atoms with Crippen LogP contribution in [0.5, 0.6) is 11.5 Å². The van der Waals surface area contributed by atoms with Gasteiger partial charge in [0, 0.05) is 15.4 Å². The normalized spacial score (nSPS) is 12.7. The molecule has 0 saturated carbocycles. The molecule has 0 aliphatic carbocycles. The molecule has 0 fully saturated rings. The number of halogens is 1. The molecule has 0 spiro atoms. The third-order valence-corrected chi connectivity index (χ3v) is 5.00. The highest BCUT2D eigenvalue weighted by molar-refractivity contribution is 9.10. The number of hydrogen-bond donors (Lipinski definition) is 1. The number of nitrogens with zero attached hydrogens (tertiary/aromatic N) is 3. The Balaban J connectivity index is 1.56. The van der Waals surface area contributed by atoms with Crippen LogP contribution in [0.3, 0.4) is 0 Å². The second kappa shape index (κ2) is 7.15. The van der Waals surface area contributed by atoms with Crippen LogP contribution in [-0.2, 0) is 0 Å². The van der Waals surface area contributed by atoms with Crippen molar-refractivity contribution < 1.29 is 9.47 Å². The fourth-order valence-electron chi connectivity index (χ4n) is 2.34. The molecule has 1 aliphatic heterocycles. The van der Waals surface area contributed by atoms with Crippen molar-refractivity contribution in [1.29, 1.82) is 5.26 Å². The molecule has 1 aliphatic rings. The summed E-state index contributed by atoms with van der Waals surface area (Å²) >= 11 is 4.74. The van der Waals surface area contributed by atoms with Crippen molar-refractivity contribution in [2.24, 2.45) is 5.10 Å². The molecule has 0 saturated heterocycles. The lowest BCUT2D eigenvalue weighted by atomic mass is 10.1. The van der Waals surface area contributed by atoms with Crippen molar-refractivity contribution in [3.8, 4) is 28.8 Å². The number of benzene rings is 2. The van der Waals surface area contributed by atoms with E-state index in [-0.39, 0.29) is 12.5 Å². The molecule has 1 N–H and O–H groups in total. The van der Waals surface area contributed by atoms with Crippen LogP contribution < -0.4 is 14.9 Å². The summed E-state index contributed by atoms with van der Waals surface area (Å²) in [6.07, 6.45) is 0. The van der Waals surface area contributed by atoms with Gasteiger partial charge in [-0.1, -0.05) is 15.9 Å². The first-order valence-electron chi connectivity index (χ1n) is 7.58. The largest absolute Gasteiger partial charge is 0.454 e. The summed E-state index contributed by atoms with van der Waals surface area (Å²) in [7, 11) is 0. The average Bonchev–Trinajstić information content (AvgIpc) is 3.32. The minimum Gasteiger partial charge on any atom is -0.454 e. The van der Waals surface area contributed by atoms with Crippen molar-refractivity contribution in [3.05, 3.63) is 57.3 Å². The Morgan fingerprint density at radius 1 is 1.19 bits per heavy atom. The Morgan fingerprint density at radius 2 is 2.00 bits per heavy atom. The van der Waals surface area contributed by atoms with Gasteiger partial charge >= 0.3 is 0 Å². The summed E-state index contributed by atoms with van der Waals surface area (Å²) in [6.45, 7) is 0.230. The first-order valence-corrected chi connectivity index (χ1v) is 9.25. The molecule has 6 nitrogen and oxygen atoms in total. The number of hydrogen-bond acceptors (Lipinski definition) is 7. The van der Waals surface area contributed by atoms with E-state index in [1.807, 2.05) is 47.8 Å². The Labute approximate surface area is 161 Å². The minimum atomic E-state index is 0.227. The monoisotopic (exact) mass is 426 g/mol. The summed E-state index contributed by atoms with van der Waals surface area (Å²) < 4.78 is 11.7. The zero-order valence-corrected chi connectivity index (χ0v) is 15.7. The van der Waals surface area contributed by atoms with Crippen LogP contribution in [0.2, 0.25) is 0 Å². The Morgan fingerprint density at radius 3 is 2.81 bits per heavy atom. The number of hydrazone groups is 1. The zero-order valence-electron chi connectivity index (χ0n) is 13.3. The van der Waals surface area contributed by atoms with E-state index >= 15 is 0 Å². The van der Waals surface area contributed by atoms with E-state index in [0.717, 1.165) is 27.2 Å². The summed E-state index contributed by atoms with van der Waals surface area (Å²) in [4.78, 5) is 4.52. The zero-order chi connectivity index (χ0) is 17.9. The molecule has 4 rings (SSSR count). The van der Waals surface area contributed by atoms with Gasteiger partial charge in [-0.2, -0.15) is 10.4 Å². The van der Waals surface area contributed by atoms with Crippen LogP contribution in [0, 0.1) is 11.3 Å². The fraction of sp³-hybridized carbons (Fsp3) is 0.0556.